The molecule has 142 valence electrons. The average molecular weight is 385 g/mol. The van der Waals surface area contributed by atoms with Gasteiger partial charge in [0.2, 0.25) is 5.91 Å². The van der Waals surface area contributed by atoms with Crippen molar-refractivity contribution in [2.75, 3.05) is 50.0 Å². The average Bonchev–Trinajstić information content (AvgIpc) is 2.72. The van der Waals surface area contributed by atoms with E-state index in [1.165, 1.54) is 11.3 Å². The number of piperazine rings is 1. The summed E-state index contributed by atoms with van der Waals surface area (Å²) in [5.41, 5.74) is 2.56. The van der Waals surface area contributed by atoms with Crippen LogP contribution in [0.4, 0.5) is 5.69 Å². The van der Waals surface area contributed by atoms with Crippen molar-refractivity contribution in [2.45, 2.75) is 11.8 Å². The van der Waals surface area contributed by atoms with Crippen LogP contribution in [0.1, 0.15) is 5.56 Å². The number of aryl methyl sites for hydroxylation is 1. The molecule has 0 bridgehead atoms. The molecule has 0 spiro atoms. The van der Waals surface area contributed by atoms with Crippen molar-refractivity contribution in [2.24, 2.45) is 0 Å². The summed E-state index contributed by atoms with van der Waals surface area (Å²) in [5.74, 6) is 2.19. The Morgan fingerprint density at radius 2 is 1.74 bits per heavy atom. The van der Waals surface area contributed by atoms with Crippen molar-refractivity contribution in [3.8, 4) is 11.5 Å². The lowest BCUT2D eigenvalue weighted by Gasteiger charge is -2.36. The number of amides is 1. The molecule has 0 aromatic heterocycles. The molecule has 2 aliphatic heterocycles. The molecule has 0 radical (unpaired) electrons. The second kappa shape index (κ2) is 8.13. The number of anilines is 1. The predicted molar refractivity (Wildman–Crippen MR) is 108 cm³/mol. The van der Waals surface area contributed by atoms with Gasteiger partial charge in [-0.05, 0) is 36.8 Å². The molecule has 0 N–H and O–H groups in total. The van der Waals surface area contributed by atoms with E-state index in [2.05, 4.69) is 36.1 Å². The number of hydrogen-bond donors (Lipinski definition) is 0. The molecule has 0 aliphatic carbocycles. The molecule has 27 heavy (non-hydrogen) atoms. The zero-order valence-corrected chi connectivity index (χ0v) is 16.3. The molecule has 1 amide bonds. The molecule has 5 nitrogen and oxygen atoms in total. The number of benzene rings is 2. The Morgan fingerprint density at radius 3 is 2.52 bits per heavy atom. The van der Waals surface area contributed by atoms with E-state index in [1.54, 1.807) is 11.8 Å². The van der Waals surface area contributed by atoms with E-state index in [4.69, 9.17) is 9.47 Å². The zero-order chi connectivity index (χ0) is 18.6. The van der Waals surface area contributed by atoms with Gasteiger partial charge in [-0.3, -0.25) is 4.79 Å². The van der Waals surface area contributed by atoms with Crippen molar-refractivity contribution >= 4 is 23.4 Å². The van der Waals surface area contributed by atoms with Gasteiger partial charge in [0.25, 0.3) is 0 Å². The van der Waals surface area contributed by atoms with Crippen LogP contribution in [0.5, 0.6) is 11.5 Å². The van der Waals surface area contributed by atoms with Crippen molar-refractivity contribution in [3.05, 3.63) is 48.0 Å². The fourth-order valence-electron chi connectivity index (χ4n) is 3.46. The second-order valence-corrected chi connectivity index (χ2v) is 7.80. The molecule has 0 atom stereocenters. The minimum Gasteiger partial charge on any atom is -0.486 e. The highest BCUT2D eigenvalue weighted by molar-refractivity contribution is 8.00. The molecule has 2 aromatic rings. The highest BCUT2D eigenvalue weighted by Crippen LogP contribution is 2.34. The van der Waals surface area contributed by atoms with Crippen LogP contribution >= 0.6 is 11.8 Å². The number of fused-ring (bicyclic) bond motifs is 1. The van der Waals surface area contributed by atoms with Crippen LogP contribution < -0.4 is 14.4 Å². The van der Waals surface area contributed by atoms with Crippen molar-refractivity contribution in [1.29, 1.82) is 0 Å². The summed E-state index contributed by atoms with van der Waals surface area (Å²) in [7, 11) is 0. The molecule has 4 rings (SSSR count). The third-order valence-electron chi connectivity index (χ3n) is 4.96. The van der Waals surface area contributed by atoms with Gasteiger partial charge in [-0.15, -0.1) is 11.8 Å². The molecule has 2 aromatic carbocycles. The number of thioether (sulfide) groups is 1. The Balaban J connectivity index is 1.29. The topological polar surface area (TPSA) is 42.0 Å². The lowest BCUT2D eigenvalue weighted by molar-refractivity contribution is -0.128. The molecular formula is C21H24N2O3S. The largest absolute Gasteiger partial charge is 0.486 e. The van der Waals surface area contributed by atoms with Crippen LogP contribution in [0, 0.1) is 6.92 Å². The molecule has 1 fully saturated rings. The van der Waals surface area contributed by atoms with Crippen LogP contribution in [-0.4, -0.2) is 56.0 Å². The first-order valence-corrected chi connectivity index (χ1v) is 10.3. The van der Waals surface area contributed by atoms with Gasteiger partial charge in [0.05, 0.1) is 5.75 Å². The quantitative estimate of drug-likeness (QED) is 0.758. The van der Waals surface area contributed by atoms with Crippen LogP contribution in [0.25, 0.3) is 0 Å². The Hall–Kier alpha value is -2.34. The van der Waals surface area contributed by atoms with Crippen molar-refractivity contribution < 1.29 is 14.3 Å². The Labute approximate surface area is 164 Å². The summed E-state index contributed by atoms with van der Waals surface area (Å²) in [6.45, 7) is 6.61. The molecule has 2 heterocycles. The summed E-state index contributed by atoms with van der Waals surface area (Å²) in [6.07, 6.45) is 0. The van der Waals surface area contributed by atoms with Gasteiger partial charge in [-0.25, -0.2) is 0 Å². The van der Waals surface area contributed by atoms with E-state index in [0.717, 1.165) is 42.6 Å². The third-order valence-corrected chi connectivity index (χ3v) is 5.94. The maximum absolute atomic E-state index is 12.6. The molecular weight excluding hydrogens is 360 g/mol. The first kappa shape index (κ1) is 18.0. The van der Waals surface area contributed by atoms with E-state index >= 15 is 0 Å². The van der Waals surface area contributed by atoms with Gasteiger partial charge in [-0.1, -0.05) is 18.2 Å². The van der Waals surface area contributed by atoms with Crippen LogP contribution in [0.15, 0.2) is 47.4 Å². The van der Waals surface area contributed by atoms with Gasteiger partial charge in [0.15, 0.2) is 11.5 Å². The van der Waals surface area contributed by atoms with E-state index < -0.39 is 0 Å². The lowest BCUT2D eigenvalue weighted by atomic mass is 10.1. The SMILES string of the molecule is Cc1ccccc1N1CCN(C(=O)CSc2ccc3c(c2)OCCO3)CC1. The van der Waals surface area contributed by atoms with Crippen LogP contribution in [-0.2, 0) is 4.79 Å². The van der Waals surface area contributed by atoms with Crippen molar-refractivity contribution in [3.63, 3.8) is 0 Å². The normalized spacial score (nSPS) is 16.3. The molecule has 0 unspecified atom stereocenters. The number of nitrogens with zero attached hydrogens (tertiary/aromatic N) is 2. The van der Waals surface area contributed by atoms with Gasteiger partial charge >= 0.3 is 0 Å². The van der Waals surface area contributed by atoms with Crippen molar-refractivity contribution in [1.82, 2.24) is 4.90 Å². The third kappa shape index (κ3) is 4.16. The minimum atomic E-state index is 0.194. The number of hydrogen-bond acceptors (Lipinski definition) is 5. The van der Waals surface area contributed by atoms with E-state index in [1.807, 2.05) is 23.1 Å². The van der Waals surface area contributed by atoms with E-state index in [0.29, 0.717) is 19.0 Å². The molecule has 1 saturated heterocycles. The predicted octanol–water partition coefficient (Wildman–Crippen LogP) is 3.21. The molecule has 0 saturated carbocycles. The summed E-state index contributed by atoms with van der Waals surface area (Å²) >= 11 is 1.55. The summed E-state index contributed by atoms with van der Waals surface area (Å²) in [5, 5.41) is 0. The van der Waals surface area contributed by atoms with E-state index in [-0.39, 0.29) is 5.91 Å². The summed E-state index contributed by atoms with van der Waals surface area (Å²) < 4.78 is 11.2. The fourth-order valence-corrected chi connectivity index (χ4v) is 4.29. The summed E-state index contributed by atoms with van der Waals surface area (Å²) in [6, 6.07) is 14.3. The maximum Gasteiger partial charge on any atom is 0.233 e. The summed E-state index contributed by atoms with van der Waals surface area (Å²) in [4.78, 5) is 18.0. The second-order valence-electron chi connectivity index (χ2n) is 6.75. The first-order chi connectivity index (χ1) is 13.2. The Bertz CT molecular complexity index is 819. The van der Waals surface area contributed by atoms with Crippen LogP contribution in [0.2, 0.25) is 0 Å². The standard InChI is InChI=1S/C21H24N2O3S/c1-16-4-2-3-5-18(16)22-8-10-23(11-9-22)21(24)15-27-17-6-7-19-20(14-17)26-13-12-25-19/h2-7,14H,8-13,15H2,1H3. The highest BCUT2D eigenvalue weighted by atomic mass is 32.2. The fraction of sp³-hybridized carbons (Fsp3) is 0.381. The number of ether oxygens (including phenoxy) is 2. The Morgan fingerprint density at radius 1 is 1.00 bits per heavy atom. The monoisotopic (exact) mass is 384 g/mol. The maximum atomic E-state index is 12.6. The van der Waals surface area contributed by atoms with E-state index in [9.17, 15) is 4.79 Å². The van der Waals surface area contributed by atoms with Gasteiger partial charge < -0.3 is 19.3 Å². The molecule has 2 aliphatic rings. The smallest absolute Gasteiger partial charge is 0.233 e. The lowest BCUT2D eigenvalue weighted by Crippen LogP contribution is -2.49. The number of carbonyl (C=O) groups excluding carboxylic acids is 1. The van der Waals surface area contributed by atoms with Gasteiger partial charge in [-0.2, -0.15) is 0 Å². The first-order valence-electron chi connectivity index (χ1n) is 9.31. The highest BCUT2D eigenvalue weighted by Gasteiger charge is 2.22. The minimum absolute atomic E-state index is 0.194. The molecule has 6 heteroatoms. The zero-order valence-electron chi connectivity index (χ0n) is 15.5. The Kier molecular flexibility index (Phi) is 5.43. The number of rotatable bonds is 4. The van der Waals surface area contributed by atoms with Crippen LogP contribution in [0.3, 0.4) is 0 Å². The van der Waals surface area contributed by atoms with Gasteiger partial charge in [0, 0.05) is 36.8 Å². The number of carbonyl (C=O) groups is 1. The number of para-hydroxylation sites is 1. The van der Waals surface area contributed by atoms with Gasteiger partial charge in [0.1, 0.15) is 13.2 Å².